The van der Waals surface area contributed by atoms with Crippen LogP contribution >= 0.6 is 0 Å². The third kappa shape index (κ3) is 4.21. The number of hydrogen-bond donors (Lipinski definition) is 0. The lowest BCUT2D eigenvalue weighted by atomic mass is 9.79. The van der Waals surface area contributed by atoms with E-state index in [2.05, 4.69) is 163 Å². The summed E-state index contributed by atoms with van der Waals surface area (Å²) in [6.07, 6.45) is 5.54. The third-order valence-electron chi connectivity index (χ3n) is 12.5. The SMILES string of the molecule is CC1(C)C2=C(CC(c3nc(-c4ccc5c(c4)-c4ccccc4C5(C)C)nc(-c4ccc5c(c4)C(C)(C)c4ccccc4-5)n3)C=C2)c2ccccc21. The van der Waals surface area contributed by atoms with Gasteiger partial charge in [0.05, 0.1) is 0 Å². The van der Waals surface area contributed by atoms with Crippen LogP contribution in [0.15, 0.2) is 127 Å². The van der Waals surface area contributed by atoms with E-state index in [1.165, 1.54) is 66.8 Å². The topological polar surface area (TPSA) is 38.7 Å². The minimum atomic E-state index is -0.113. The fourth-order valence-electron chi connectivity index (χ4n) is 9.68. The summed E-state index contributed by atoms with van der Waals surface area (Å²) in [5, 5.41) is 0. The molecule has 51 heavy (non-hydrogen) atoms. The fraction of sp³-hybridized carbons (Fsp3) is 0.229. The van der Waals surface area contributed by atoms with Gasteiger partial charge in [-0.15, -0.1) is 0 Å². The molecule has 0 aliphatic heterocycles. The highest BCUT2D eigenvalue weighted by Gasteiger charge is 2.40. The summed E-state index contributed by atoms with van der Waals surface area (Å²) in [7, 11) is 0. The summed E-state index contributed by atoms with van der Waals surface area (Å²) < 4.78 is 0. The van der Waals surface area contributed by atoms with Gasteiger partial charge in [0, 0.05) is 33.3 Å². The summed E-state index contributed by atoms with van der Waals surface area (Å²) >= 11 is 0. The Hall–Kier alpha value is -5.41. The molecular formula is C48H41N3. The van der Waals surface area contributed by atoms with E-state index < -0.39 is 0 Å². The molecular weight excluding hydrogens is 619 g/mol. The summed E-state index contributed by atoms with van der Waals surface area (Å²) in [4.78, 5) is 15.9. The molecule has 4 aliphatic rings. The van der Waals surface area contributed by atoms with Gasteiger partial charge in [0.15, 0.2) is 11.6 Å². The predicted molar refractivity (Wildman–Crippen MR) is 209 cm³/mol. The number of fused-ring (bicyclic) bond motifs is 8. The van der Waals surface area contributed by atoms with Crippen molar-refractivity contribution in [2.24, 2.45) is 0 Å². The monoisotopic (exact) mass is 659 g/mol. The van der Waals surface area contributed by atoms with Gasteiger partial charge in [-0.2, -0.15) is 0 Å². The molecule has 5 aromatic carbocycles. The fourth-order valence-corrected chi connectivity index (χ4v) is 9.68. The van der Waals surface area contributed by atoms with E-state index in [0.717, 1.165) is 35.0 Å². The van der Waals surface area contributed by atoms with E-state index in [0.29, 0.717) is 0 Å². The Morgan fingerprint density at radius 1 is 0.471 bits per heavy atom. The van der Waals surface area contributed by atoms with E-state index in [9.17, 15) is 0 Å². The van der Waals surface area contributed by atoms with Crippen molar-refractivity contribution in [2.45, 2.75) is 70.1 Å². The minimum Gasteiger partial charge on any atom is -0.212 e. The number of hydrogen-bond acceptors (Lipinski definition) is 3. The lowest BCUT2D eigenvalue weighted by Gasteiger charge is -2.25. The highest BCUT2D eigenvalue weighted by molar-refractivity contribution is 5.86. The van der Waals surface area contributed by atoms with Crippen LogP contribution in [0.25, 0.3) is 50.6 Å². The standard InChI is InChI=1S/C48H41N3/c1-46(2)38-17-11-8-14-32(38)35-25-28(20-23-40(35)46)43-49-44(29-21-24-41-36(26-29)33-15-9-12-18-39(33)47(41,3)4)51-45(50-43)30-19-22-34-31-13-7-10-16-37(31)48(5,6)42(34)27-30/h7-25,27,29H,26H2,1-6H3. The molecule has 1 atom stereocenters. The quantitative estimate of drug-likeness (QED) is 0.190. The third-order valence-corrected chi connectivity index (χ3v) is 12.5. The molecule has 0 fully saturated rings. The van der Waals surface area contributed by atoms with E-state index in [1.54, 1.807) is 0 Å². The van der Waals surface area contributed by atoms with Crippen LogP contribution < -0.4 is 0 Å². The summed E-state index contributed by atoms with van der Waals surface area (Å²) in [5.41, 5.74) is 18.0. The maximum absolute atomic E-state index is 5.32. The Morgan fingerprint density at radius 3 is 1.67 bits per heavy atom. The van der Waals surface area contributed by atoms with Gasteiger partial charge >= 0.3 is 0 Å². The molecule has 0 saturated carbocycles. The van der Waals surface area contributed by atoms with Gasteiger partial charge in [-0.25, -0.2) is 15.0 Å². The maximum atomic E-state index is 5.32. The van der Waals surface area contributed by atoms with Crippen molar-refractivity contribution in [3.05, 3.63) is 166 Å². The molecule has 1 aromatic heterocycles. The molecule has 3 heteroatoms. The van der Waals surface area contributed by atoms with E-state index in [-0.39, 0.29) is 22.2 Å². The summed E-state index contributed by atoms with van der Waals surface area (Å²) in [5.74, 6) is 2.31. The molecule has 0 bridgehead atoms. The number of aromatic nitrogens is 3. The molecule has 0 saturated heterocycles. The Kier molecular flexibility index (Phi) is 6.16. The molecule has 1 unspecified atom stereocenters. The molecule has 248 valence electrons. The first-order chi connectivity index (χ1) is 24.5. The van der Waals surface area contributed by atoms with Crippen molar-refractivity contribution in [3.63, 3.8) is 0 Å². The first kappa shape index (κ1) is 30.4. The van der Waals surface area contributed by atoms with Gasteiger partial charge in [0.1, 0.15) is 5.82 Å². The minimum absolute atomic E-state index is 0.0217. The zero-order chi connectivity index (χ0) is 34.9. The van der Waals surface area contributed by atoms with Crippen molar-refractivity contribution < 1.29 is 0 Å². The molecule has 0 radical (unpaired) electrons. The van der Waals surface area contributed by atoms with Crippen molar-refractivity contribution in [1.82, 2.24) is 15.0 Å². The normalized spacial score (nSPS) is 19.2. The Balaban J connectivity index is 1.13. The first-order valence-electron chi connectivity index (χ1n) is 18.3. The van der Waals surface area contributed by atoms with Crippen LogP contribution in [0.5, 0.6) is 0 Å². The molecule has 0 amide bonds. The molecule has 0 spiro atoms. The number of rotatable bonds is 3. The van der Waals surface area contributed by atoms with Crippen LogP contribution in [0.2, 0.25) is 0 Å². The van der Waals surface area contributed by atoms with Gasteiger partial charge < -0.3 is 0 Å². The van der Waals surface area contributed by atoms with Gasteiger partial charge in [0.2, 0.25) is 0 Å². The van der Waals surface area contributed by atoms with Gasteiger partial charge in [0.25, 0.3) is 0 Å². The first-order valence-corrected chi connectivity index (χ1v) is 18.3. The smallest absolute Gasteiger partial charge is 0.163 e. The van der Waals surface area contributed by atoms with Crippen LogP contribution in [0.1, 0.15) is 93.1 Å². The number of benzene rings is 5. The highest BCUT2D eigenvalue weighted by Crippen LogP contribution is 2.53. The highest BCUT2D eigenvalue weighted by atomic mass is 15.0. The van der Waals surface area contributed by atoms with Crippen LogP contribution in [0, 0.1) is 0 Å². The molecule has 3 nitrogen and oxygen atoms in total. The average molecular weight is 660 g/mol. The van der Waals surface area contributed by atoms with Gasteiger partial charge in [-0.3, -0.25) is 0 Å². The predicted octanol–water partition coefficient (Wildman–Crippen LogP) is 11.6. The Labute approximate surface area is 300 Å². The van der Waals surface area contributed by atoms with Crippen LogP contribution in [-0.4, -0.2) is 15.0 Å². The lowest BCUT2D eigenvalue weighted by Crippen LogP contribution is -2.17. The van der Waals surface area contributed by atoms with Gasteiger partial charge in [-0.1, -0.05) is 151 Å². The molecule has 1 heterocycles. The van der Waals surface area contributed by atoms with Crippen molar-refractivity contribution >= 4 is 5.57 Å². The zero-order valence-electron chi connectivity index (χ0n) is 30.2. The molecule has 10 rings (SSSR count). The molecule has 6 aromatic rings. The van der Waals surface area contributed by atoms with Crippen molar-refractivity contribution in [2.75, 3.05) is 0 Å². The zero-order valence-corrected chi connectivity index (χ0v) is 30.2. The largest absolute Gasteiger partial charge is 0.212 e. The molecule has 4 aliphatic carbocycles. The Bertz CT molecular complexity index is 2540. The van der Waals surface area contributed by atoms with Crippen LogP contribution in [-0.2, 0) is 16.2 Å². The maximum Gasteiger partial charge on any atom is 0.163 e. The van der Waals surface area contributed by atoms with Gasteiger partial charge in [-0.05, 0) is 85.3 Å². The number of nitrogens with zero attached hydrogens (tertiary/aromatic N) is 3. The van der Waals surface area contributed by atoms with E-state index >= 15 is 0 Å². The summed E-state index contributed by atoms with van der Waals surface area (Å²) in [6, 6.07) is 40.1. The number of allylic oxidation sites excluding steroid dienone is 4. The summed E-state index contributed by atoms with van der Waals surface area (Å²) in [6.45, 7) is 14.0. The second-order valence-corrected chi connectivity index (χ2v) is 16.4. The van der Waals surface area contributed by atoms with E-state index in [1.807, 2.05) is 0 Å². The molecule has 0 N–H and O–H groups in total. The van der Waals surface area contributed by atoms with Crippen molar-refractivity contribution in [3.8, 4) is 45.0 Å². The van der Waals surface area contributed by atoms with Crippen LogP contribution in [0.3, 0.4) is 0 Å². The van der Waals surface area contributed by atoms with Crippen LogP contribution in [0.4, 0.5) is 0 Å². The second-order valence-electron chi connectivity index (χ2n) is 16.4. The average Bonchev–Trinajstić information content (AvgIpc) is 3.64. The Morgan fingerprint density at radius 2 is 0.980 bits per heavy atom. The second kappa shape index (κ2) is 10.3. The van der Waals surface area contributed by atoms with E-state index in [4.69, 9.17) is 15.0 Å². The lowest BCUT2D eigenvalue weighted by molar-refractivity contribution is 0.647. The van der Waals surface area contributed by atoms with Crippen molar-refractivity contribution in [1.29, 1.82) is 0 Å².